The second-order valence-corrected chi connectivity index (χ2v) is 4.07. The standard InChI is InChI=1S/C12H15FN2O2/c13-10-3-1-2-4-11(10)14-12(16)9-15-5-7-17-8-6-15/h1-4H,5-9H2,(H,14,16)/p+1. The first-order chi connectivity index (χ1) is 8.25. The number of amides is 1. The predicted molar refractivity (Wildman–Crippen MR) is 61.4 cm³/mol. The van der Waals surface area contributed by atoms with Crippen LogP contribution in [-0.4, -0.2) is 38.8 Å². The van der Waals surface area contributed by atoms with E-state index in [1.807, 2.05) is 0 Å². The Bertz CT molecular complexity index is 392. The van der Waals surface area contributed by atoms with Crippen LogP contribution in [0.5, 0.6) is 0 Å². The van der Waals surface area contributed by atoms with Crippen LogP contribution in [0.1, 0.15) is 0 Å². The lowest BCUT2D eigenvalue weighted by atomic mass is 10.3. The molecule has 0 saturated carbocycles. The molecule has 92 valence electrons. The van der Waals surface area contributed by atoms with Crippen LogP contribution in [0, 0.1) is 5.82 Å². The molecule has 5 heteroatoms. The fourth-order valence-corrected chi connectivity index (χ4v) is 1.82. The van der Waals surface area contributed by atoms with Gasteiger partial charge in [-0.25, -0.2) is 4.39 Å². The number of anilines is 1. The van der Waals surface area contributed by atoms with E-state index in [2.05, 4.69) is 5.32 Å². The zero-order valence-electron chi connectivity index (χ0n) is 9.54. The molecule has 1 amide bonds. The van der Waals surface area contributed by atoms with E-state index in [4.69, 9.17) is 4.74 Å². The van der Waals surface area contributed by atoms with Crippen molar-refractivity contribution in [3.8, 4) is 0 Å². The number of carbonyl (C=O) groups excluding carboxylic acids is 1. The Morgan fingerprint density at radius 3 is 2.76 bits per heavy atom. The van der Waals surface area contributed by atoms with Gasteiger partial charge in [0.1, 0.15) is 18.9 Å². The molecule has 1 aromatic rings. The molecule has 4 nitrogen and oxygen atoms in total. The third kappa shape index (κ3) is 3.51. The minimum Gasteiger partial charge on any atom is -0.370 e. The first-order valence-electron chi connectivity index (χ1n) is 5.71. The highest BCUT2D eigenvalue weighted by Gasteiger charge is 2.18. The van der Waals surface area contributed by atoms with Crippen LogP contribution in [0.4, 0.5) is 10.1 Å². The number of ether oxygens (including phenoxy) is 1. The van der Waals surface area contributed by atoms with Gasteiger partial charge in [0.2, 0.25) is 0 Å². The van der Waals surface area contributed by atoms with Gasteiger partial charge in [-0.15, -0.1) is 0 Å². The van der Waals surface area contributed by atoms with E-state index in [1.165, 1.54) is 11.0 Å². The highest BCUT2D eigenvalue weighted by Crippen LogP contribution is 2.11. The summed E-state index contributed by atoms with van der Waals surface area (Å²) >= 11 is 0. The molecular formula is C12H16FN2O2+. The number of nitrogens with one attached hydrogen (secondary N) is 2. The monoisotopic (exact) mass is 239 g/mol. The second kappa shape index (κ2) is 5.75. The maximum absolute atomic E-state index is 13.3. The van der Waals surface area contributed by atoms with E-state index in [9.17, 15) is 9.18 Å². The van der Waals surface area contributed by atoms with Gasteiger partial charge in [-0.2, -0.15) is 0 Å². The third-order valence-corrected chi connectivity index (χ3v) is 2.76. The molecule has 1 aliphatic heterocycles. The number of rotatable bonds is 3. The largest absolute Gasteiger partial charge is 0.370 e. The number of para-hydroxylation sites is 1. The van der Waals surface area contributed by atoms with Gasteiger partial charge in [0.15, 0.2) is 6.54 Å². The Morgan fingerprint density at radius 1 is 1.35 bits per heavy atom. The molecule has 2 rings (SSSR count). The first-order valence-corrected chi connectivity index (χ1v) is 5.71. The van der Waals surface area contributed by atoms with Gasteiger partial charge in [-0.1, -0.05) is 12.1 Å². The van der Waals surface area contributed by atoms with Gasteiger partial charge in [0.05, 0.1) is 18.9 Å². The van der Waals surface area contributed by atoms with Crippen molar-refractivity contribution in [3.05, 3.63) is 30.1 Å². The second-order valence-electron chi connectivity index (χ2n) is 4.07. The molecule has 0 unspecified atom stereocenters. The number of hydrogen-bond acceptors (Lipinski definition) is 2. The van der Waals surface area contributed by atoms with E-state index in [1.54, 1.807) is 18.2 Å². The van der Waals surface area contributed by atoms with Gasteiger partial charge < -0.3 is 15.0 Å². The van der Waals surface area contributed by atoms with Crippen LogP contribution in [-0.2, 0) is 9.53 Å². The van der Waals surface area contributed by atoms with E-state index >= 15 is 0 Å². The fourth-order valence-electron chi connectivity index (χ4n) is 1.82. The summed E-state index contributed by atoms with van der Waals surface area (Å²) in [6.07, 6.45) is 0. The zero-order chi connectivity index (χ0) is 12.1. The molecular weight excluding hydrogens is 223 g/mol. The molecule has 0 aliphatic carbocycles. The first kappa shape index (κ1) is 12.0. The normalized spacial score (nSPS) is 16.8. The van der Waals surface area contributed by atoms with Crippen molar-refractivity contribution < 1.29 is 18.8 Å². The molecule has 0 aromatic heterocycles. The Kier molecular flexibility index (Phi) is 4.06. The molecule has 0 bridgehead atoms. The van der Waals surface area contributed by atoms with E-state index in [-0.39, 0.29) is 11.6 Å². The Labute approximate surface area is 99.4 Å². The Balaban J connectivity index is 1.86. The van der Waals surface area contributed by atoms with Gasteiger partial charge in [0, 0.05) is 0 Å². The quantitative estimate of drug-likeness (QED) is 0.759. The minimum absolute atomic E-state index is 0.160. The molecule has 1 aliphatic rings. The number of benzene rings is 1. The molecule has 0 spiro atoms. The number of morpholine rings is 1. The SMILES string of the molecule is O=C(C[NH+]1CCOCC1)Nc1ccccc1F. The zero-order valence-corrected chi connectivity index (χ0v) is 9.54. The van der Waals surface area contributed by atoms with E-state index < -0.39 is 5.82 Å². The van der Waals surface area contributed by atoms with Crippen LogP contribution in [0.15, 0.2) is 24.3 Å². The average Bonchev–Trinajstić information content (AvgIpc) is 2.33. The highest BCUT2D eigenvalue weighted by molar-refractivity contribution is 5.91. The van der Waals surface area contributed by atoms with Crippen LogP contribution in [0.2, 0.25) is 0 Å². The van der Waals surface area contributed by atoms with Crippen molar-refractivity contribution in [2.45, 2.75) is 0 Å². The lowest BCUT2D eigenvalue weighted by molar-refractivity contribution is -0.899. The van der Waals surface area contributed by atoms with Crippen LogP contribution in [0.3, 0.4) is 0 Å². The summed E-state index contributed by atoms with van der Waals surface area (Å²) in [4.78, 5) is 12.9. The summed E-state index contributed by atoms with van der Waals surface area (Å²) in [5.74, 6) is -0.565. The predicted octanol–water partition coefficient (Wildman–Crippen LogP) is -0.321. The van der Waals surface area contributed by atoms with Gasteiger partial charge >= 0.3 is 0 Å². The van der Waals surface area contributed by atoms with E-state index in [0.717, 1.165) is 13.1 Å². The number of hydrogen-bond donors (Lipinski definition) is 2. The van der Waals surface area contributed by atoms with Gasteiger partial charge in [-0.05, 0) is 12.1 Å². The molecule has 0 radical (unpaired) electrons. The van der Waals surface area contributed by atoms with Crippen molar-refractivity contribution in [2.24, 2.45) is 0 Å². The van der Waals surface area contributed by atoms with Crippen molar-refractivity contribution in [3.63, 3.8) is 0 Å². The Morgan fingerprint density at radius 2 is 2.06 bits per heavy atom. The smallest absolute Gasteiger partial charge is 0.279 e. The molecule has 1 aromatic carbocycles. The number of carbonyl (C=O) groups is 1. The fraction of sp³-hybridized carbons (Fsp3) is 0.417. The number of quaternary nitrogens is 1. The summed E-state index contributed by atoms with van der Waals surface area (Å²) in [7, 11) is 0. The lowest BCUT2D eigenvalue weighted by Gasteiger charge is -2.23. The average molecular weight is 239 g/mol. The van der Waals surface area contributed by atoms with Crippen LogP contribution >= 0.6 is 0 Å². The van der Waals surface area contributed by atoms with Crippen LogP contribution < -0.4 is 10.2 Å². The molecule has 1 fully saturated rings. The maximum Gasteiger partial charge on any atom is 0.279 e. The molecule has 2 N–H and O–H groups in total. The molecule has 1 heterocycles. The Hall–Kier alpha value is -1.46. The summed E-state index contributed by atoms with van der Waals surface area (Å²) < 4.78 is 18.5. The third-order valence-electron chi connectivity index (χ3n) is 2.76. The summed E-state index contributed by atoms with van der Waals surface area (Å²) in [5, 5.41) is 2.58. The molecule has 17 heavy (non-hydrogen) atoms. The summed E-state index contributed by atoms with van der Waals surface area (Å²) in [6.45, 7) is 3.37. The van der Waals surface area contributed by atoms with Crippen molar-refractivity contribution in [2.75, 3.05) is 38.2 Å². The van der Waals surface area contributed by atoms with Gasteiger partial charge in [0.25, 0.3) is 5.91 Å². The van der Waals surface area contributed by atoms with E-state index in [0.29, 0.717) is 19.8 Å². The maximum atomic E-state index is 13.3. The summed E-state index contributed by atoms with van der Waals surface area (Å²) in [5.41, 5.74) is 0.241. The minimum atomic E-state index is -0.405. The molecule has 1 saturated heterocycles. The lowest BCUT2D eigenvalue weighted by Crippen LogP contribution is -3.15. The van der Waals surface area contributed by atoms with Crippen molar-refractivity contribution in [1.82, 2.24) is 0 Å². The number of halogens is 1. The van der Waals surface area contributed by atoms with Crippen LogP contribution in [0.25, 0.3) is 0 Å². The molecule has 0 atom stereocenters. The highest BCUT2D eigenvalue weighted by atomic mass is 19.1. The van der Waals surface area contributed by atoms with Crippen molar-refractivity contribution >= 4 is 11.6 Å². The van der Waals surface area contributed by atoms with Gasteiger partial charge in [-0.3, -0.25) is 4.79 Å². The topological polar surface area (TPSA) is 42.8 Å². The van der Waals surface area contributed by atoms with Crippen molar-refractivity contribution in [1.29, 1.82) is 0 Å². The summed E-state index contributed by atoms with van der Waals surface area (Å²) in [6, 6.07) is 6.18.